The highest BCUT2D eigenvalue weighted by atomic mass is 16.2. The van der Waals surface area contributed by atoms with Gasteiger partial charge in [0.25, 0.3) is 0 Å². The van der Waals surface area contributed by atoms with Crippen molar-refractivity contribution in [3.8, 4) is 0 Å². The highest BCUT2D eigenvalue weighted by molar-refractivity contribution is 5.90. The molecule has 2 rings (SSSR count). The van der Waals surface area contributed by atoms with Crippen molar-refractivity contribution in [3.63, 3.8) is 0 Å². The molecular formula is C15H27N5O. The van der Waals surface area contributed by atoms with Crippen LogP contribution in [0.25, 0.3) is 0 Å². The molecule has 21 heavy (non-hydrogen) atoms. The molecule has 118 valence electrons. The molecule has 1 aliphatic heterocycles. The van der Waals surface area contributed by atoms with Crippen molar-refractivity contribution in [1.29, 1.82) is 0 Å². The van der Waals surface area contributed by atoms with E-state index in [-0.39, 0.29) is 5.91 Å². The molecule has 0 unspecified atom stereocenters. The van der Waals surface area contributed by atoms with Crippen LogP contribution in [0.1, 0.15) is 39.0 Å². The minimum atomic E-state index is -0.564. The molecule has 6 nitrogen and oxygen atoms in total. The first-order valence-electron chi connectivity index (χ1n) is 7.57. The summed E-state index contributed by atoms with van der Waals surface area (Å²) in [6.07, 6.45) is 0. The van der Waals surface area contributed by atoms with Crippen LogP contribution in [0, 0.1) is 6.92 Å². The molecule has 0 aromatic carbocycles. The monoisotopic (exact) mass is 293 g/mol. The first-order chi connectivity index (χ1) is 9.75. The van der Waals surface area contributed by atoms with Crippen molar-refractivity contribution in [2.24, 2.45) is 7.05 Å². The quantitative estimate of drug-likeness (QED) is 0.867. The summed E-state index contributed by atoms with van der Waals surface area (Å²) in [5, 5.41) is 11.0. The molecule has 2 heterocycles. The third kappa shape index (κ3) is 2.90. The Morgan fingerprint density at radius 2 is 2.10 bits per heavy atom. The van der Waals surface area contributed by atoms with Crippen molar-refractivity contribution in [1.82, 2.24) is 20.4 Å². The normalized spacial score (nSPS) is 18.2. The maximum absolute atomic E-state index is 12.2. The third-order valence-electron chi connectivity index (χ3n) is 4.11. The Bertz CT molecular complexity index is 532. The van der Waals surface area contributed by atoms with Gasteiger partial charge in [-0.05, 0) is 20.8 Å². The van der Waals surface area contributed by atoms with Crippen LogP contribution in [0.2, 0.25) is 0 Å². The van der Waals surface area contributed by atoms with Gasteiger partial charge in [0.15, 0.2) is 0 Å². The number of piperazine rings is 1. The summed E-state index contributed by atoms with van der Waals surface area (Å²) in [6, 6.07) is 0.412. The van der Waals surface area contributed by atoms with Gasteiger partial charge in [0.05, 0.1) is 5.69 Å². The zero-order valence-electron chi connectivity index (χ0n) is 13.9. The van der Waals surface area contributed by atoms with Gasteiger partial charge < -0.3 is 15.5 Å². The average Bonchev–Trinajstić information content (AvgIpc) is 2.65. The van der Waals surface area contributed by atoms with E-state index in [0.717, 1.165) is 24.6 Å². The standard InChI is InChI=1S/C15H27N5O/c1-10(2)17-9-12-11(3)18-19(6)13(12)20-8-7-16-14(21)15(20,4)5/h10,17H,7-9H2,1-6H3,(H,16,21). The number of hydrogen-bond acceptors (Lipinski definition) is 4. The molecule has 0 atom stereocenters. The van der Waals surface area contributed by atoms with Crippen LogP contribution in [0.3, 0.4) is 0 Å². The second-order valence-corrected chi connectivity index (χ2v) is 6.51. The van der Waals surface area contributed by atoms with Gasteiger partial charge in [-0.2, -0.15) is 5.10 Å². The van der Waals surface area contributed by atoms with Crippen molar-refractivity contribution in [2.45, 2.75) is 52.7 Å². The minimum absolute atomic E-state index is 0.0652. The highest BCUT2D eigenvalue weighted by Gasteiger charge is 2.40. The van der Waals surface area contributed by atoms with Gasteiger partial charge >= 0.3 is 0 Å². The van der Waals surface area contributed by atoms with E-state index >= 15 is 0 Å². The van der Waals surface area contributed by atoms with Crippen LogP contribution < -0.4 is 15.5 Å². The summed E-state index contributed by atoms with van der Waals surface area (Å²) in [6.45, 7) is 12.4. The van der Waals surface area contributed by atoms with Gasteiger partial charge in [-0.25, -0.2) is 0 Å². The Hall–Kier alpha value is -1.56. The lowest BCUT2D eigenvalue weighted by Gasteiger charge is -2.43. The van der Waals surface area contributed by atoms with E-state index in [1.807, 2.05) is 32.5 Å². The summed E-state index contributed by atoms with van der Waals surface area (Å²) in [7, 11) is 1.95. The molecule has 0 spiro atoms. The topological polar surface area (TPSA) is 62.2 Å². The fraction of sp³-hybridized carbons (Fsp3) is 0.733. The number of carbonyl (C=O) groups is 1. The summed E-state index contributed by atoms with van der Waals surface area (Å²) in [5.41, 5.74) is 1.63. The average molecular weight is 293 g/mol. The van der Waals surface area contributed by atoms with Gasteiger partial charge in [-0.1, -0.05) is 13.8 Å². The molecule has 6 heteroatoms. The van der Waals surface area contributed by atoms with Crippen LogP contribution >= 0.6 is 0 Å². The predicted molar refractivity (Wildman–Crippen MR) is 84.4 cm³/mol. The Labute approximate surface area is 126 Å². The Kier molecular flexibility index (Phi) is 4.27. The summed E-state index contributed by atoms with van der Waals surface area (Å²) < 4.78 is 1.90. The van der Waals surface area contributed by atoms with E-state index in [9.17, 15) is 4.79 Å². The van der Waals surface area contributed by atoms with Crippen molar-refractivity contribution in [3.05, 3.63) is 11.3 Å². The molecule has 2 N–H and O–H groups in total. The lowest BCUT2D eigenvalue weighted by Crippen LogP contribution is -2.62. The number of anilines is 1. The van der Waals surface area contributed by atoms with Gasteiger partial charge in [-0.15, -0.1) is 0 Å². The molecule has 0 aliphatic carbocycles. The number of nitrogens with one attached hydrogen (secondary N) is 2. The largest absolute Gasteiger partial charge is 0.352 e. The number of aromatic nitrogens is 2. The summed E-state index contributed by atoms with van der Waals surface area (Å²) in [4.78, 5) is 14.4. The molecule has 1 aromatic heterocycles. The molecular weight excluding hydrogens is 266 g/mol. The molecule has 0 bridgehead atoms. The Balaban J connectivity index is 2.40. The molecule has 1 saturated heterocycles. The summed E-state index contributed by atoms with van der Waals surface area (Å²) in [5.74, 6) is 1.11. The Morgan fingerprint density at radius 3 is 2.71 bits per heavy atom. The first kappa shape index (κ1) is 15.8. The molecule has 1 fully saturated rings. The maximum atomic E-state index is 12.2. The van der Waals surface area contributed by atoms with Crippen LogP contribution in [0.15, 0.2) is 0 Å². The summed E-state index contributed by atoms with van der Waals surface area (Å²) >= 11 is 0. The number of amides is 1. The van der Waals surface area contributed by atoms with Crippen molar-refractivity contribution in [2.75, 3.05) is 18.0 Å². The second kappa shape index (κ2) is 5.67. The number of carbonyl (C=O) groups excluding carboxylic acids is 1. The number of rotatable bonds is 4. The first-order valence-corrected chi connectivity index (χ1v) is 7.57. The van der Waals surface area contributed by atoms with E-state index in [2.05, 4.69) is 34.5 Å². The maximum Gasteiger partial charge on any atom is 0.245 e. The van der Waals surface area contributed by atoms with Gasteiger partial charge in [0.1, 0.15) is 11.4 Å². The lowest BCUT2D eigenvalue weighted by molar-refractivity contribution is -0.126. The van der Waals surface area contributed by atoms with Gasteiger partial charge in [0.2, 0.25) is 5.91 Å². The molecule has 0 radical (unpaired) electrons. The van der Waals surface area contributed by atoms with Gasteiger partial charge in [0, 0.05) is 38.3 Å². The van der Waals surface area contributed by atoms with E-state index < -0.39 is 5.54 Å². The predicted octanol–water partition coefficient (Wildman–Crippen LogP) is 0.941. The van der Waals surface area contributed by atoms with Crippen LogP contribution in [-0.4, -0.2) is 40.4 Å². The smallest absolute Gasteiger partial charge is 0.245 e. The molecule has 1 amide bonds. The molecule has 0 saturated carbocycles. The van der Waals surface area contributed by atoms with Crippen LogP contribution in [0.5, 0.6) is 0 Å². The second-order valence-electron chi connectivity index (χ2n) is 6.51. The van der Waals surface area contributed by atoms with E-state index in [1.54, 1.807) is 0 Å². The number of aryl methyl sites for hydroxylation is 2. The minimum Gasteiger partial charge on any atom is -0.352 e. The molecule has 1 aliphatic rings. The third-order valence-corrected chi connectivity index (χ3v) is 4.11. The Morgan fingerprint density at radius 1 is 1.43 bits per heavy atom. The number of nitrogens with zero attached hydrogens (tertiary/aromatic N) is 3. The van der Waals surface area contributed by atoms with Gasteiger partial charge in [-0.3, -0.25) is 9.48 Å². The SMILES string of the molecule is Cc1nn(C)c(N2CCNC(=O)C2(C)C)c1CNC(C)C. The van der Waals surface area contributed by atoms with E-state index in [0.29, 0.717) is 12.6 Å². The fourth-order valence-corrected chi connectivity index (χ4v) is 2.81. The van der Waals surface area contributed by atoms with E-state index in [1.165, 1.54) is 5.56 Å². The van der Waals surface area contributed by atoms with E-state index in [4.69, 9.17) is 0 Å². The van der Waals surface area contributed by atoms with Crippen molar-refractivity contribution < 1.29 is 4.79 Å². The van der Waals surface area contributed by atoms with Crippen molar-refractivity contribution >= 4 is 11.7 Å². The van der Waals surface area contributed by atoms with Crippen LogP contribution in [0.4, 0.5) is 5.82 Å². The van der Waals surface area contributed by atoms with Crippen LogP contribution in [-0.2, 0) is 18.4 Å². The fourth-order valence-electron chi connectivity index (χ4n) is 2.81. The molecule has 1 aromatic rings. The zero-order valence-corrected chi connectivity index (χ0v) is 13.9. The lowest BCUT2D eigenvalue weighted by atomic mass is 9.98. The zero-order chi connectivity index (χ0) is 15.8. The highest BCUT2D eigenvalue weighted by Crippen LogP contribution is 2.30. The number of hydrogen-bond donors (Lipinski definition) is 2.